The van der Waals surface area contributed by atoms with E-state index in [1.165, 1.54) is 36.3 Å². The largest absolute Gasteiger partial charge is 0.497 e. The molecule has 1 atom stereocenters. The maximum atomic E-state index is 14.1. The number of halogens is 4. The molecule has 1 N–H and O–H groups in total. The first-order valence-corrected chi connectivity index (χ1v) is 15.2. The monoisotopic (exact) mass is 639 g/mol. The average Bonchev–Trinajstić information content (AvgIpc) is 2.95. The van der Waals surface area contributed by atoms with Crippen molar-refractivity contribution >= 4 is 39.1 Å². The maximum absolute atomic E-state index is 14.1. The Labute approximate surface area is 254 Å². The highest BCUT2D eigenvalue weighted by Gasteiger charge is 2.37. The van der Waals surface area contributed by atoms with E-state index in [1.54, 1.807) is 51.1 Å². The van der Waals surface area contributed by atoms with E-state index < -0.39 is 51.9 Å². The van der Waals surface area contributed by atoms with Gasteiger partial charge in [0.15, 0.2) is 0 Å². The first-order valence-electron chi connectivity index (χ1n) is 13.4. The van der Waals surface area contributed by atoms with Gasteiger partial charge in [0.05, 0.1) is 28.3 Å². The van der Waals surface area contributed by atoms with Gasteiger partial charge in [0, 0.05) is 12.6 Å². The van der Waals surface area contributed by atoms with Crippen molar-refractivity contribution in [1.29, 1.82) is 0 Å². The summed E-state index contributed by atoms with van der Waals surface area (Å²) in [7, 11) is -3.14. The molecule has 0 fully saturated rings. The van der Waals surface area contributed by atoms with E-state index in [2.05, 4.69) is 5.32 Å². The van der Waals surface area contributed by atoms with E-state index >= 15 is 0 Å². The fraction of sp³-hybridized carbons (Fsp3) is 0.333. The van der Waals surface area contributed by atoms with E-state index in [4.69, 9.17) is 16.3 Å². The minimum atomic E-state index is -4.81. The number of nitrogens with one attached hydrogen (secondary N) is 1. The van der Waals surface area contributed by atoms with Gasteiger partial charge in [-0.05, 0) is 68.3 Å². The second-order valence-electron chi connectivity index (χ2n) is 9.95. The van der Waals surface area contributed by atoms with Crippen molar-refractivity contribution in [2.24, 2.45) is 0 Å². The Morgan fingerprint density at radius 2 is 1.67 bits per heavy atom. The summed E-state index contributed by atoms with van der Waals surface area (Å²) in [6.45, 7) is 4.15. The molecule has 0 unspecified atom stereocenters. The quantitative estimate of drug-likeness (QED) is 0.267. The number of methoxy groups -OCH3 is 1. The van der Waals surface area contributed by atoms with Gasteiger partial charge in [-0.25, -0.2) is 8.42 Å². The average molecular weight is 640 g/mol. The molecule has 232 valence electrons. The summed E-state index contributed by atoms with van der Waals surface area (Å²) in [6.07, 6.45) is -4.64. The van der Waals surface area contributed by atoms with Crippen LogP contribution in [0.15, 0.2) is 77.7 Å². The van der Waals surface area contributed by atoms with Gasteiger partial charge in [-0.15, -0.1) is 0 Å². The molecule has 0 aliphatic heterocycles. The Bertz CT molecular complexity index is 1540. The third kappa shape index (κ3) is 8.41. The highest BCUT2D eigenvalue weighted by Crippen LogP contribution is 2.37. The standard InChI is InChI=1S/C30H33ClF3N3O5S/c1-5-26(29(39)35-20(2)3)36(18-21-10-9-11-23(16-21)42-4)28(38)19-37(43(40,41)24-12-7-6-8-13-24)27-17-22(30(32,33)34)14-15-25(27)31/h6-17,20,26H,5,18-19H2,1-4H3,(H,35,39)/t26-/m0/s1. The van der Waals surface area contributed by atoms with E-state index in [-0.39, 0.29) is 28.9 Å². The zero-order chi connectivity index (χ0) is 31.9. The fourth-order valence-electron chi connectivity index (χ4n) is 4.38. The molecule has 3 aromatic carbocycles. The lowest BCUT2D eigenvalue weighted by atomic mass is 10.1. The van der Waals surface area contributed by atoms with E-state index in [9.17, 15) is 31.2 Å². The third-order valence-electron chi connectivity index (χ3n) is 6.46. The topological polar surface area (TPSA) is 96.0 Å². The summed E-state index contributed by atoms with van der Waals surface area (Å²) in [5.74, 6) is -0.807. The number of hydrogen-bond donors (Lipinski definition) is 1. The molecule has 0 radical (unpaired) electrons. The molecule has 0 bridgehead atoms. The summed E-state index contributed by atoms with van der Waals surface area (Å²) in [5.41, 5.74) is -1.10. The number of sulfonamides is 1. The van der Waals surface area contributed by atoms with Crippen molar-refractivity contribution < 1.29 is 35.9 Å². The van der Waals surface area contributed by atoms with Crippen molar-refractivity contribution in [1.82, 2.24) is 10.2 Å². The van der Waals surface area contributed by atoms with Gasteiger partial charge in [-0.3, -0.25) is 13.9 Å². The van der Waals surface area contributed by atoms with Gasteiger partial charge in [0.25, 0.3) is 10.0 Å². The van der Waals surface area contributed by atoms with Gasteiger partial charge < -0.3 is 15.0 Å². The summed E-state index contributed by atoms with van der Waals surface area (Å²) in [6, 6.07) is 14.7. The van der Waals surface area contributed by atoms with E-state index in [0.717, 1.165) is 12.1 Å². The zero-order valence-corrected chi connectivity index (χ0v) is 25.6. The molecule has 8 nitrogen and oxygen atoms in total. The van der Waals surface area contributed by atoms with Crippen molar-refractivity contribution in [3.8, 4) is 5.75 Å². The van der Waals surface area contributed by atoms with Crippen molar-refractivity contribution in [3.05, 3.63) is 88.9 Å². The lowest BCUT2D eigenvalue weighted by Crippen LogP contribution is -2.53. The van der Waals surface area contributed by atoms with Crippen LogP contribution in [0.25, 0.3) is 0 Å². The summed E-state index contributed by atoms with van der Waals surface area (Å²) in [5, 5.41) is 2.46. The second kappa shape index (κ2) is 14.1. The van der Waals surface area contributed by atoms with Crippen LogP contribution in [0.3, 0.4) is 0 Å². The first-order chi connectivity index (χ1) is 20.2. The summed E-state index contributed by atoms with van der Waals surface area (Å²) >= 11 is 6.28. The zero-order valence-electron chi connectivity index (χ0n) is 24.1. The van der Waals surface area contributed by atoms with E-state index in [1.807, 2.05) is 0 Å². The molecule has 0 spiro atoms. The number of amides is 2. The Hall–Kier alpha value is -3.77. The van der Waals surface area contributed by atoms with Gasteiger partial charge >= 0.3 is 6.18 Å². The number of nitrogens with zero attached hydrogens (tertiary/aromatic N) is 2. The molecule has 0 saturated heterocycles. The number of alkyl halides is 3. The predicted octanol–water partition coefficient (Wildman–Crippen LogP) is 5.89. The Balaban J connectivity index is 2.16. The van der Waals surface area contributed by atoms with Crippen molar-refractivity contribution in [2.75, 3.05) is 18.0 Å². The molecule has 13 heteroatoms. The molecule has 3 rings (SSSR count). The van der Waals surface area contributed by atoms with Crippen LogP contribution in [0.4, 0.5) is 18.9 Å². The Morgan fingerprint density at radius 1 is 1.00 bits per heavy atom. The van der Waals surface area contributed by atoms with Crippen LogP contribution >= 0.6 is 11.6 Å². The molecule has 0 aliphatic rings. The molecule has 0 aromatic heterocycles. The number of rotatable bonds is 12. The van der Waals surface area contributed by atoms with Gasteiger partial charge in [0.1, 0.15) is 18.3 Å². The van der Waals surface area contributed by atoms with Crippen LogP contribution in [-0.4, -0.2) is 50.9 Å². The van der Waals surface area contributed by atoms with Crippen LogP contribution < -0.4 is 14.4 Å². The van der Waals surface area contributed by atoms with Gasteiger partial charge in [-0.1, -0.05) is 48.9 Å². The fourth-order valence-corrected chi connectivity index (χ4v) is 6.10. The molecule has 0 aliphatic carbocycles. The lowest BCUT2D eigenvalue weighted by molar-refractivity contribution is -0.140. The number of anilines is 1. The highest BCUT2D eigenvalue weighted by molar-refractivity contribution is 7.92. The molecule has 43 heavy (non-hydrogen) atoms. The smallest absolute Gasteiger partial charge is 0.416 e. The number of ether oxygens (including phenoxy) is 1. The number of hydrogen-bond acceptors (Lipinski definition) is 5. The molecule has 0 saturated carbocycles. The Morgan fingerprint density at radius 3 is 2.26 bits per heavy atom. The number of benzene rings is 3. The molecule has 2 amide bonds. The minimum absolute atomic E-state index is 0.115. The minimum Gasteiger partial charge on any atom is -0.497 e. The van der Waals surface area contributed by atoms with Crippen molar-refractivity contribution in [3.63, 3.8) is 0 Å². The van der Waals surface area contributed by atoms with Crippen LogP contribution in [0.5, 0.6) is 5.75 Å². The second-order valence-corrected chi connectivity index (χ2v) is 12.2. The SMILES string of the molecule is CC[C@@H](C(=O)NC(C)C)N(Cc1cccc(OC)c1)C(=O)CN(c1cc(C(F)(F)F)ccc1Cl)S(=O)(=O)c1ccccc1. The molecular formula is C30H33ClF3N3O5S. The number of carbonyl (C=O) groups is 2. The van der Waals surface area contributed by atoms with Crippen LogP contribution in [0, 0.1) is 0 Å². The lowest BCUT2D eigenvalue weighted by Gasteiger charge is -2.34. The van der Waals surface area contributed by atoms with E-state index in [0.29, 0.717) is 21.7 Å². The Kier molecular flexibility index (Phi) is 11.1. The maximum Gasteiger partial charge on any atom is 0.416 e. The summed E-state index contributed by atoms with van der Waals surface area (Å²) in [4.78, 5) is 28.3. The van der Waals surface area contributed by atoms with Gasteiger partial charge in [-0.2, -0.15) is 13.2 Å². The first kappa shape index (κ1) is 33.7. The normalized spacial score (nSPS) is 12.5. The number of carbonyl (C=O) groups excluding carboxylic acids is 2. The van der Waals surface area contributed by atoms with Gasteiger partial charge in [0.2, 0.25) is 11.8 Å². The molecule has 3 aromatic rings. The third-order valence-corrected chi connectivity index (χ3v) is 8.55. The van der Waals surface area contributed by atoms with Crippen molar-refractivity contribution in [2.45, 2.75) is 56.9 Å². The predicted molar refractivity (Wildman–Crippen MR) is 158 cm³/mol. The highest BCUT2D eigenvalue weighted by atomic mass is 35.5. The van der Waals surface area contributed by atoms with Crippen LogP contribution in [0.2, 0.25) is 5.02 Å². The van der Waals surface area contributed by atoms with Crippen LogP contribution in [-0.2, 0) is 32.3 Å². The molecule has 0 heterocycles. The summed E-state index contributed by atoms with van der Waals surface area (Å²) < 4.78 is 74.6. The van der Waals surface area contributed by atoms with Crippen LogP contribution in [0.1, 0.15) is 38.3 Å². The molecular weight excluding hydrogens is 607 g/mol.